The molecule has 0 radical (unpaired) electrons. The van der Waals surface area contributed by atoms with Gasteiger partial charge >= 0.3 is 5.97 Å². The minimum Gasteiger partial charge on any atom is -0.462 e. The molecule has 8 nitrogen and oxygen atoms in total. The molecule has 0 spiro atoms. The first kappa shape index (κ1) is 39.8. The highest BCUT2D eigenvalue weighted by molar-refractivity contribution is 6.30. The maximum Gasteiger partial charge on any atom is 0.306 e. The van der Waals surface area contributed by atoms with Gasteiger partial charge < -0.3 is 25.0 Å². The number of esters is 1. The molecule has 4 rings (SSSR count). The van der Waals surface area contributed by atoms with Gasteiger partial charge in [-0.1, -0.05) is 80.1 Å². The molecule has 2 aromatic carbocycles. The molecule has 9 heteroatoms. The SMILES string of the molecule is CN(C[C@@H](Cc1ccc(Cl)cc1)N(C)C(=O)[C@@H](N)COC(C)(C)C)C(=O)[C@@H](CC(=O)OC1CCCCCCCCC1)[C@H]1CCc2ccccc21. The summed E-state index contributed by atoms with van der Waals surface area (Å²) >= 11 is 6.18. The molecule has 0 saturated heterocycles. The molecule has 1 fully saturated rings. The van der Waals surface area contributed by atoms with E-state index in [9.17, 15) is 14.4 Å². The third-order valence-corrected chi connectivity index (χ3v) is 10.6. The minimum absolute atomic E-state index is 0.0321. The number of likely N-dealkylation sites (N-methyl/N-ethyl adjacent to an activating group) is 2. The van der Waals surface area contributed by atoms with Crippen LogP contribution in [0.2, 0.25) is 5.02 Å². The van der Waals surface area contributed by atoms with E-state index in [0.717, 1.165) is 49.7 Å². The van der Waals surface area contributed by atoms with Crippen LogP contribution in [0.4, 0.5) is 0 Å². The number of fused-ring (bicyclic) bond motifs is 1. The van der Waals surface area contributed by atoms with Gasteiger partial charge in [0.1, 0.15) is 12.1 Å². The number of hydrogen-bond donors (Lipinski definition) is 1. The Balaban J connectivity index is 1.54. The van der Waals surface area contributed by atoms with Crippen molar-refractivity contribution in [3.8, 4) is 0 Å². The quantitative estimate of drug-likeness (QED) is 0.217. The number of hydrogen-bond acceptors (Lipinski definition) is 6. The van der Waals surface area contributed by atoms with Crippen LogP contribution in [0.5, 0.6) is 0 Å². The van der Waals surface area contributed by atoms with Gasteiger partial charge in [0.05, 0.1) is 30.6 Å². The van der Waals surface area contributed by atoms with E-state index in [1.807, 2.05) is 57.2 Å². The fourth-order valence-corrected chi connectivity index (χ4v) is 7.60. The summed E-state index contributed by atoms with van der Waals surface area (Å²) in [4.78, 5) is 45.2. The first-order valence-electron chi connectivity index (χ1n) is 18.7. The highest BCUT2D eigenvalue weighted by Gasteiger charge is 2.39. The molecular formula is C41H60ClN3O5. The van der Waals surface area contributed by atoms with Crippen molar-refractivity contribution in [2.75, 3.05) is 27.2 Å². The molecule has 2 aromatic rings. The Morgan fingerprint density at radius 2 is 1.50 bits per heavy atom. The van der Waals surface area contributed by atoms with Crippen molar-refractivity contribution in [1.82, 2.24) is 9.80 Å². The van der Waals surface area contributed by atoms with Crippen LogP contribution in [0, 0.1) is 5.92 Å². The molecule has 0 bridgehead atoms. The lowest BCUT2D eigenvalue weighted by molar-refractivity contribution is -0.154. The minimum atomic E-state index is -0.854. The number of carbonyl (C=O) groups is 3. The lowest BCUT2D eigenvalue weighted by Crippen LogP contribution is -2.53. The molecular weight excluding hydrogens is 650 g/mol. The van der Waals surface area contributed by atoms with Crippen molar-refractivity contribution in [3.63, 3.8) is 0 Å². The molecule has 2 aliphatic rings. The fraction of sp³-hybridized carbons (Fsp3) is 0.634. The summed E-state index contributed by atoms with van der Waals surface area (Å²) in [5.41, 5.74) is 9.26. The number of nitrogens with zero attached hydrogens (tertiary/aromatic N) is 2. The zero-order chi connectivity index (χ0) is 36.3. The van der Waals surface area contributed by atoms with Crippen LogP contribution >= 0.6 is 11.6 Å². The normalized spacial score (nSPS) is 19.1. The number of ether oxygens (including phenoxy) is 2. The highest BCUT2D eigenvalue weighted by atomic mass is 35.5. The topological polar surface area (TPSA) is 102 Å². The molecule has 50 heavy (non-hydrogen) atoms. The first-order valence-corrected chi connectivity index (χ1v) is 19.1. The molecule has 2 amide bonds. The molecule has 2 aliphatic carbocycles. The van der Waals surface area contributed by atoms with Crippen molar-refractivity contribution < 1.29 is 23.9 Å². The predicted molar refractivity (Wildman–Crippen MR) is 200 cm³/mol. The smallest absolute Gasteiger partial charge is 0.306 e. The second kappa shape index (κ2) is 19.1. The fourth-order valence-electron chi connectivity index (χ4n) is 7.47. The van der Waals surface area contributed by atoms with Gasteiger partial charge in [0.2, 0.25) is 11.8 Å². The largest absolute Gasteiger partial charge is 0.462 e. The van der Waals surface area contributed by atoms with Crippen molar-refractivity contribution >= 4 is 29.4 Å². The zero-order valence-electron chi connectivity index (χ0n) is 31.0. The number of rotatable bonds is 13. The summed E-state index contributed by atoms with van der Waals surface area (Å²) in [6.45, 7) is 6.12. The van der Waals surface area contributed by atoms with Gasteiger partial charge in [0, 0.05) is 25.7 Å². The molecule has 0 unspecified atom stereocenters. The Kier molecular flexibility index (Phi) is 15.2. The number of carbonyl (C=O) groups excluding carboxylic acids is 3. The van der Waals surface area contributed by atoms with Gasteiger partial charge in [-0.2, -0.15) is 0 Å². The van der Waals surface area contributed by atoms with Gasteiger partial charge in [-0.25, -0.2) is 0 Å². The summed E-state index contributed by atoms with van der Waals surface area (Å²) in [6, 6.07) is 14.5. The van der Waals surface area contributed by atoms with Crippen molar-refractivity contribution in [1.29, 1.82) is 0 Å². The molecule has 4 atom stereocenters. The molecule has 2 N–H and O–H groups in total. The van der Waals surface area contributed by atoms with E-state index >= 15 is 0 Å². The van der Waals surface area contributed by atoms with Gasteiger partial charge in [-0.3, -0.25) is 14.4 Å². The summed E-state index contributed by atoms with van der Waals surface area (Å²) in [6.07, 6.45) is 12.1. The Morgan fingerprint density at radius 1 is 0.880 bits per heavy atom. The molecule has 276 valence electrons. The van der Waals surface area contributed by atoms with Gasteiger partial charge in [-0.15, -0.1) is 0 Å². The maximum absolute atomic E-state index is 14.6. The molecule has 0 aromatic heterocycles. The van der Waals surface area contributed by atoms with Crippen LogP contribution in [0.1, 0.15) is 114 Å². The van der Waals surface area contributed by atoms with Crippen molar-refractivity contribution in [3.05, 3.63) is 70.2 Å². The lowest BCUT2D eigenvalue weighted by Gasteiger charge is -2.35. The number of nitrogens with two attached hydrogens (primary N) is 1. The monoisotopic (exact) mass is 709 g/mol. The predicted octanol–water partition coefficient (Wildman–Crippen LogP) is 7.48. The second-order valence-corrected chi connectivity index (χ2v) is 15.9. The summed E-state index contributed by atoms with van der Waals surface area (Å²) in [5.74, 6) is -1.33. The molecule has 1 saturated carbocycles. The maximum atomic E-state index is 14.6. The number of halogens is 1. The van der Waals surface area contributed by atoms with E-state index in [4.69, 9.17) is 26.8 Å². The lowest BCUT2D eigenvalue weighted by atomic mass is 9.83. The van der Waals surface area contributed by atoms with Gasteiger partial charge in [0.25, 0.3) is 0 Å². The van der Waals surface area contributed by atoms with Crippen LogP contribution in [0.3, 0.4) is 0 Å². The molecule has 0 aliphatic heterocycles. The van der Waals surface area contributed by atoms with E-state index in [1.165, 1.54) is 37.7 Å². The van der Waals surface area contributed by atoms with E-state index in [-0.39, 0.29) is 55.4 Å². The Bertz CT molecular complexity index is 1380. The Morgan fingerprint density at radius 3 is 2.14 bits per heavy atom. The van der Waals surface area contributed by atoms with E-state index < -0.39 is 17.6 Å². The van der Waals surface area contributed by atoms with E-state index in [1.54, 1.807) is 23.9 Å². The van der Waals surface area contributed by atoms with E-state index in [0.29, 0.717) is 11.4 Å². The van der Waals surface area contributed by atoms with Crippen molar-refractivity contribution in [2.24, 2.45) is 11.7 Å². The summed E-state index contributed by atoms with van der Waals surface area (Å²) in [5, 5.41) is 0.625. The van der Waals surface area contributed by atoms with Crippen molar-refractivity contribution in [2.45, 2.75) is 134 Å². The first-order chi connectivity index (χ1) is 23.8. The van der Waals surface area contributed by atoms with E-state index in [2.05, 4.69) is 12.1 Å². The number of benzene rings is 2. The van der Waals surface area contributed by atoms with Crippen LogP contribution in [-0.2, 0) is 36.7 Å². The highest BCUT2D eigenvalue weighted by Crippen LogP contribution is 2.41. The number of aryl methyl sites for hydroxylation is 1. The zero-order valence-corrected chi connectivity index (χ0v) is 31.8. The van der Waals surface area contributed by atoms with Gasteiger partial charge in [0.15, 0.2) is 0 Å². The Hall–Kier alpha value is -2.94. The Labute approximate surface area is 305 Å². The van der Waals surface area contributed by atoms with Crippen LogP contribution in [-0.4, -0.2) is 78.6 Å². The molecule has 0 heterocycles. The van der Waals surface area contributed by atoms with Gasteiger partial charge in [-0.05, 0) is 100 Å². The summed E-state index contributed by atoms with van der Waals surface area (Å²) in [7, 11) is 3.51. The average molecular weight is 710 g/mol. The third kappa shape index (κ3) is 12.1. The van der Waals surface area contributed by atoms with Crippen LogP contribution < -0.4 is 5.73 Å². The number of amides is 2. The van der Waals surface area contributed by atoms with Crippen LogP contribution in [0.25, 0.3) is 0 Å². The average Bonchev–Trinajstić information content (AvgIpc) is 3.52. The summed E-state index contributed by atoms with van der Waals surface area (Å²) < 4.78 is 12.0. The van der Waals surface area contributed by atoms with Crippen LogP contribution in [0.15, 0.2) is 48.5 Å². The standard InChI is InChI=1S/C41H60ClN3O5/c1-41(2,3)49-28-37(43)40(48)45(5)32(25-29-19-22-31(42)23-20-29)27-44(4)39(47)36(35-24-21-30-15-13-14-18-34(30)35)26-38(46)50-33-16-11-9-7-6-8-10-12-17-33/h13-15,18-20,22-23,32-33,35-37H,6-12,16-17,21,24-28,43H2,1-5H3/t32-,35+,36+,37+/m1/s1. The second-order valence-electron chi connectivity index (χ2n) is 15.5. The third-order valence-electron chi connectivity index (χ3n) is 10.4.